The lowest BCUT2D eigenvalue weighted by Crippen LogP contribution is -2.48. The van der Waals surface area contributed by atoms with Gasteiger partial charge in [-0.25, -0.2) is 4.98 Å². The summed E-state index contributed by atoms with van der Waals surface area (Å²) in [5.74, 6) is -0.379. The van der Waals surface area contributed by atoms with Crippen LogP contribution in [0.5, 0.6) is 0 Å². The number of carbonyl (C=O) groups is 1. The SMILES string of the molecule is N[C@H]1Cc2nc(Cc3ccccc3)cnc2N(O)C1=O. The van der Waals surface area contributed by atoms with Crippen LogP contribution in [0.3, 0.4) is 0 Å². The van der Waals surface area contributed by atoms with E-state index in [1.807, 2.05) is 30.3 Å². The molecule has 1 atom stereocenters. The monoisotopic (exact) mass is 270 g/mol. The molecule has 102 valence electrons. The van der Waals surface area contributed by atoms with Crippen molar-refractivity contribution in [1.29, 1.82) is 0 Å². The quantitative estimate of drug-likeness (QED) is 0.783. The molecular formula is C14H14N4O2. The summed E-state index contributed by atoms with van der Waals surface area (Å²) in [6.07, 6.45) is 2.51. The average molecular weight is 270 g/mol. The zero-order valence-corrected chi connectivity index (χ0v) is 10.7. The van der Waals surface area contributed by atoms with Crippen molar-refractivity contribution in [3.05, 3.63) is 53.5 Å². The molecule has 0 aliphatic carbocycles. The second-order valence-corrected chi connectivity index (χ2v) is 4.75. The van der Waals surface area contributed by atoms with E-state index < -0.39 is 11.9 Å². The van der Waals surface area contributed by atoms with Gasteiger partial charge in [0.25, 0.3) is 5.91 Å². The van der Waals surface area contributed by atoms with Crippen LogP contribution in [0.4, 0.5) is 5.82 Å². The second kappa shape index (κ2) is 4.99. The van der Waals surface area contributed by atoms with Crippen molar-refractivity contribution >= 4 is 11.7 Å². The summed E-state index contributed by atoms with van der Waals surface area (Å²) in [4.78, 5) is 20.1. The minimum absolute atomic E-state index is 0.175. The van der Waals surface area contributed by atoms with Gasteiger partial charge < -0.3 is 5.73 Å². The Balaban J connectivity index is 1.90. The van der Waals surface area contributed by atoms with E-state index in [2.05, 4.69) is 9.97 Å². The topological polar surface area (TPSA) is 92.3 Å². The lowest BCUT2D eigenvalue weighted by atomic mass is 10.1. The van der Waals surface area contributed by atoms with Crippen molar-refractivity contribution in [2.45, 2.75) is 18.9 Å². The van der Waals surface area contributed by atoms with Crippen LogP contribution in [0, 0.1) is 0 Å². The molecule has 0 spiro atoms. The van der Waals surface area contributed by atoms with E-state index >= 15 is 0 Å². The Morgan fingerprint density at radius 2 is 2.10 bits per heavy atom. The summed E-state index contributed by atoms with van der Waals surface area (Å²) in [6.45, 7) is 0. The highest BCUT2D eigenvalue weighted by molar-refractivity contribution is 5.96. The van der Waals surface area contributed by atoms with E-state index in [9.17, 15) is 10.0 Å². The van der Waals surface area contributed by atoms with Crippen LogP contribution < -0.4 is 10.8 Å². The van der Waals surface area contributed by atoms with Gasteiger partial charge in [0.15, 0.2) is 5.82 Å². The lowest BCUT2D eigenvalue weighted by Gasteiger charge is -2.25. The van der Waals surface area contributed by atoms with Gasteiger partial charge in [-0.05, 0) is 5.56 Å². The summed E-state index contributed by atoms with van der Waals surface area (Å²) < 4.78 is 0. The van der Waals surface area contributed by atoms with Gasteiger partial charge in [0.2, 0.25) is 0 Å². The third kappa shape index (κ3) is 2.26. The molecule has 3 rings (SSSR count). The van der Waals surface area contributed by atoms with Gasteiger partial charge in [0.1, 0.15) is 0 Å². The molecule has 1 amide bonds. The van der Waals surface area contributed by atoms with Crippen LogP contribution >= 0.6 is 0 Å². The standard InChI is InChI=1S/C14H14N4O2/c15-11-7-12-13(18(20)14(11)19)16-8-10(17-12)6-9-4-2-1-3-5-9/h1-5,8,11,20H,6-7,15H2/t11-/m0/s1. The number of carbonyl (C=O) groups excluding carboxylic acids is 1. The van der Waals surface area contributed by atoms with Crippen molar-refractivity contribution in [3.63, 3.8) is 0 Å². The number of benzene rings is 1. The highest BCUT2D eigenvalue weighted by Gasteiger charge is 2.32. The molecule has 0 saturated heterocycles. The molecule has 20 heavy (non-hydrogen) atoms. The first-order valence-corrected chi connectivity index (χ1v) is 6.32. The molecule has 1 aromatic carbocycles. The summed E-state index contributed by atoms with van der Waals surface area (Å²) in [5, 5.41) is 10.2. The van der Waals surface area contributed by atoms with Crippen molar-refractivity contribution in [2.24, 2.45) is 5.73 Å². The largest absolute Gasteiger partial charge is 0.319 e. The van der Waals surface area contributed by atoms with Crippen LogP contribution in [-0.2, 0) is 17.6 Å². The van der Waals surface area contributed by atoms with E-state index in [1.165, 1.54) is 0 Å². The third-order valence-corrected chi connectivity index (χ3v) is 3.24. The Bertz CT molecular complexity index is 645. The predicted octanol–water partition coefficient (Wildman–Crippen LogP) is 0.673. The molecule has 0 bridgehead atoms. The molecule has 6 nitrogen and oxygen atoms in total. The first-order chi connectivity index (χ1) is 9.65. The number of anilines is 1. The first-order valence-electron chi connectivity index (χ1n) is 6.32. The van der Waals surface area contributed by atoms with Gasteiger partial charge in [-0.3, -0.25) is 15.0 Å². The Morgan fingerprint density at radius 1 is 1.35 bits per heavy atom. The van der Waals surface area contributed by atoms with E-state index in [0.29, 0.717) is 23.6 Å². The molecule has 0 unspecified atom stereocenters. The van der Waals surface area contributed by atoms with Gasteiger partial charge in [-0.1, -0.05) is 30.3 Å². The van der Waals surface area contributed by atoms with Crippen molar-refractivity contribution in [3.8, 4) is 0 Å². The number of aromatic nitrogens is 2. The van der Waals surface area contributed by atoms with Crippen LogP contribution in [-0.4, -0.2) is 27.1 Å². The Morgan fingerprint density at radius 3 is 2.85 bits per heavy atom. The van der Waals surface area contributed by atoms with Crippen LogP contribution in [0.1, 0.15) is 17.0 Å². The molecule has 3 N–H and O–H groups in total. The van der Waals surface area contributed by atoms with Crippen molar-refractivity contribution in [2.75, 3.05) is 5.06 Å². The number of amides is 1. The zero-order valence-electron chi connectivity index (χ0n) is 10.7. The molecule has 6 heteroatoms. The van der Waals surface area contributed by atoms with Gasteiger partial charge in [-0.15, -0.1) is 0 Å². The molecule has 0 saturated carbocycles. The summed E-state index contributed by atoms with van der Waals surface area (Å²) >= 11 is 0. The predicted molar refractivity (Wildman–Crippen MR) is 72.2 cm³/mol. The van der Waals surface area contributed by atoms with E-state index in [4.69, 9.17) is 5.73 Å². The number of nitrogens with two attached hydrogens (primary N) is 1. The fourth-order valence-corrected chi connectivity index (χ4v) is 2.22. The molecule has 2 heterocycles. The number of hydroxylamine groups is 1. The molecule has 1 aliphatic heterocycles. The minimum atomic E-state index is -0.770. The van der Waals surface area contributed by atoms with E-state index in [0.717, 1.165) is 11.3 Å². The Hall–Kier alpha value is -2.31. The zero-order chi connectivity index (χ0) is 14.1. The fraction of sp³-hybridized carbons (Fsp3) is 0.214. The Labute approximate surface area is 115 Å². The number of hydrogen-bond donors (Lipinski definition) is 2. The third-order valence-electron chi connectivity index (χ3n) is 3.24. The maximum absolute atomic E-state index is 11.5. The van der Waals surface area contributed by atoms with Crippen molar-refractivity contribution in [1.82, 2.24) is 9.97 Å². The molecule has 0 radical (unpaired) electrons. The number of nitrogens with zero attached hydrogens (tertiary/aromatic N) is 3. The van der Waals surface area contributed by atoms with Gasteiger partial charge in [0, 0.05) is 12.8 Å². The minimum Gasteiger partial charge on any atom is -0.319 e. The lowest BCUT2D eigenvalue weighted by molar-refractivity contribution is -0.125. The molecule has 0 fully saturated rings. The number of hydrogen-bond acceptors (Lipinski definition) is 5. The smallest absolute Gasteiger partial charge is 0.269 e. The maximum atomic E-state index is 11.5. The molecule has 2 aromatic rings. The highest BCUT2D eigenvalue weighted by Crippen LogP contribution is 2.22. The highest BCUT2D eigenvalue weighted by atomic mass is 16.5. The van der Waals surface area contributed by atoms with Gasteiger partial charge in [0.05, 0.1) is 23.6 Å². The summed E-state index contributed by atoms with van der Waals surface area (Å²) in [6, 6.07) is 9.13. The van der Waals surface area contributed by atoms with Crippen molar-refractivity contribution < 1.29 is 10.0 Å². The van der Waals surface area contributed by atoms with Crippen LogP contribution in [0.25, 0.3) is 0 Å². The normalized spacial score (nSPS) is 18.0. The number of rotatable bonds is 2. The summed E-state index contributed by atoms with van der Waals surface area (Å²) in [7, 11) is 0. The second-order valence-electron chi connectivity index (χ2n) is 4.75. The fourth-order valence-electron chi connectivity index (χ4n) is 2.22. The van der Waals surface area contributed by atoms with Crippen LogP contribution in [0.2, 0.25) is 0 Å². The Kier molecular flexibility index (Phi) is 3.17. The summed E-state index contributed by atoms with van der Waals surface area (Å²) in [5.41, 5.74) is 8.12. The molecular weight excluding hydrogens is 256 g/mol. The maximum Gasteiger partial charge on any atom is 0.269 e. The molecule has 1 aromatic heterocycles. The first kappa shape index (κ1) is 12.7. The number of fused-ring (bicyclic) bond motifs is 1. The average Bonchev–Trinajstić information content (AvgIpc) is 2.46. The van der Waals surface area contributed by atoms with E-state index in [1.54, 1.807) is 6.20 Å². The molecule has 1 aliphatic rings. The van der Waals surface area contributed by atoms with Gasteiger partial charge in [-0.2, -0.15) is 5.06 Å². The van der Waals surface area contributed by atoms with E-state index in [-0.39, 0.29) is 5.82 Å². The van der Waals surface area contributed by atoms with Crippen LogP contribution in [0.15, 0.2) is 36.5 Å². The van der Waals surface area contributed by atoms with Gasteiger partial charge >= 0.3 is 0 Å².